The van der Waals surface area contributed by atoms with Gasteiger partial charge in [-0.2, -0.15) is 10.5 Å². The SMILES string of the molecule is N#CC=C(/C(C#N)=C(/c1ccccc1)[P+](c1ccccc1)(c1ccccc1)c1ccccc1)c1ccccc1. The summed E-state index contributed by atoms with van der Waals surface area (Å²) >= 11 is 0. The van der Waals surface area contributed by atoms with Crippen molar-refractivity contribution in [3.8, 4) is 12.1 Å². The van der Waals surface area contributed by atoms with Crippen LogP contribution in [0.1, 0.15) is 11.1 Å². The van der Waals surface area contributed by atoms with Gasteiger partial charge in [0, 0.05) is 17.2 Å². The second-order valence-electron chi connectivity index (χ2n) is 8.93. The highest BCUT2D eigenvalue weighted by Crippen LogP contribution is 2.68. The maximum Gasteiger partial charge on any atom is 0.146 e. The van der Waals surface area contributed by atoms with Crippen LogP contribution in [0.15, 0.2) is 163 Å². The van der Waals surface area contributed by atoms with Gasteiger partial charge in [0.1, 0.15) is 40.1 Å². The molecule has 0 saturated carbocycles. The lowest BCUT2D eigenvalue weighted by molar-refractivity contribution is 1.48. The summed E-state index contributed by atoms with van der Waals surface area (Å²) in [6.45, 7) is 0. The lowest BCUT2D eigenvalue weighted by atomic mass is 9.96. The molecule has 5 rings (SSSR count). The van der Waals surface area contributed by atoms with Gasteiger partial charge >= 0.3 is 0 Å². The Balaban J connectivity index is 2.05. The van der Waals surface area contributed by atoms with E-state index in [0.29, 0.717) is 11.1 Å². The number of nitrogens with zero attached hydrogens (tertiary/aromatic N) is 2. The Morgan fingerprint density at radius 1 is 0.487 bits per heavy atom. The van der Waals surface area contributed by atoms with E-state index in [-0.39, 0.29) is 0 Å². The van der Waals surface area contributed by atoms with Crippen LogP contribution >= 0.6 is 7.26 Å². The predicted molar refractivity (Wildman–Crippen MR) is 164 cm³/mol. The zero-order chi connectivity index (χ0) is 26.9. The van der Waals surface area contributed by atoms with Crippen LogP contribution in [0.3, 0.4) is 0 Å². The smallest absolute Gasteiger partial charge is 0.146 e. The third-order valence-corrected chi connectivity index (χ3v) is 11.1. The summed E-state index contributed by atoms with van der Waals surface area (Å²) in [5, 5.41) is 25.2. The molecule has 0 N–H and O–H groups in total. The second kappa shape index (κ2) is 12.0. The minimum absolute atomic E-state index is 0.499. The summed E-state index contributed by atoms with van der Waals surface area (Å²) in [7, 11) is -2.65. The number of nitriles is 2. The van der Waals surface area contributed by atoms with Crippen LogP contribution in [0.25, 0.3) is 10.9 Å². The maximum atomic E-state index is 11.0. The minimum atomic E-state index is -2.65. The molecular weight excluding hydrogens is 491 g/mol. The van der Waals surface area contributed by atoms with Gasteiger partial charge in [0.2, 0.25) is 0 Å². The highest BCUT2D eigenvalue weighted by Gasteiger charge is 2.52. The molecule has 0 amide bonds. The van der Waals surface area contributed by atoms with Gasteiger partial charge in [-0.1, -0.05) is 115 Å². The number of rotatable bonds is 7. The van der Waals surface area contributed by atoms with E-state index in [9.17, 15) is 10.5 Å². The average Bonchev–Trinajstić information content (AvgIpc) is 3.03. The zero-order valence-electron chi connectivity index (χ0n) is 21.4. The summed E-state index contributed by atoms with van der Waals surface area (Å²) in [5.74, 6) is 0. The van der Waals surface area contributed by atoms with E-state index < -0.39 is 7.26 Å². The molecular formula is C36H26N2P+. The average molecular weight is 518 g/mol. The molecule has 184 valence electrons. The van der Waals surface area contributed by atoms with E-state index in [1.54, 1.807) is 0 Å². The highest BCUT2D eigenvalue weighted by atomic mass is 31.2. The van der Waals surface area contributed by atoms with Crippen LogP contribution in [-0.4, -0.2) is 0 Å². The molecule has 0 aliphatic rings. The second-order valence-corrected chi connectivity index (χ2v) is 12.3. The lowest BCUT2D eigenvalue weighted by Crippen LogP contribution is -2.32. The monoisotopic (exact) mass is 517 g/mol. The topological polar surface area (TPSA) is 47.6 Å². The quantitative estimate of drug-likeness (QED) is 0.127. The van der Waals surface area contributed by atoms with Crippen LogP contribution in [0.2, 0.25) is 0 Å². The first kappa shape index (κ1) is 25.6. The molecule has 0 heterocycles. The van der Waals surface area contributed by atoms with E-state index in [2.05, 4.69) is 97.1 Å². The van der Waals surface area contributed by atoms with Gasteiger partial charge in [0.15, 0.2) is 0 Å². The molecule has 3 heteroatoms. The Hall–Kier alpha value is -5.01. The molecule has 2 nitrogen and oxygen atoms in total. The third kappa shape index (κ3) is 4.95. The fourth-order valence-electron chi connectivity index (χ4n) is 5.11. The molecule has 0 aliphatic heterocycles. The first-order valence-electron chi connectivity index (χ1n) is 12.7. The summed E-state index contributed by atoms with van der Waals surface area (Å²) in [6, 6.07) is 56.2. The fourth-order valence-corrected chi connectivity index (χ4v) is 9.68. The number of hydrogen-bond donors (Lipinski definition) is 0. The summed E-state index contributed by atoms with van der Waals surface area (Å²) < 4.78 is 0. The fraction of sp³-hybridized carbons (Fsp3) is 0. The molecule has 0 spiro atoms. The largest absolute Gasteiger partial charge is 0.193 e. The van der Waals surface area contributed by atoms with Crippen LogP contribution in [-0.2, 0) is 0 Å². The van der Waals surface area contributed by atoms with Gasteiger partial charge in [-0.3, -0.25) is 0 Å². The number of hydrogen-bond acceptors (Lipinski definition) is 2. The molecule has 0 atom stereocenters. The highest BCUT2D eigenvalue weighted by molar-refractivity contribution is 8.03. The normalized spacial score (nSPS) is 12.1. The Labute approximate surface area is 230 Å². The van der Waals surface area contributed by atoms with Crippen LogP contribution in [0.5, 0.6) is 0 Å². The first-order valence-corrected chi connectivity index (χ1v) is 14.5. The summed E-state index contributed by atoms with van der Waals surface area (Å²) in [6.07, 6.45) is 1.51. The molecule has 0 saturated heterocycles. The van der Waals surface area contributed by atoms with Crippen molar-refractivity contribution in [3.05, 3.63) is 174 Å². The molecule has 0 fully saturated rings. The van der Waals surface area contributed by atoms with E-state index in [4.69, 9.17) is 0 Å². The van der Waals surface area contributed by atoms with Crippen LogP contribution < -0.4 is 15.9 Å². The molecule has 0 unspecified atom stereocenters. The van der Waals surface area contributed by atoms with Crippen molar-refractivity contribution in [2.75, 3.05) is 0 Å². The first-order chi connectivity index (χ1) is 19.3. The minimum Gasteiger partial charge on any atom is -0.193 e. The third-order valence-electron chi connectivity index (χ3n) is 6.72. The van der Waals surface area contributed by atoms with Gasteiger partial charge in [0.25, 0.3) is 0 Å². The van der Waals surface area contributed by atoms with Crippen molar-refractivity contribution in [2.24, 2.45) is 0 Å². The number of allylic oxidation sites excluding steroid dienone is 3. The van der Waals surface area contributed by atoms with Crippen molar-refractivity contribution in [1.82, 2.24) is 0 Å². The Kier molecular flexibility index (Phi) is 7.90. The molecule has 5 aromatic rings. The molecule has 5 aromatic carbocycles. The van der Waals surface area contributed by atoms with Crippen molar-refractivity contribution in [2.45, 2.75) is 0 Å². The zero-order valence-corrected chi connectivity index (χ0v) is 22.2. The Bertz CT molecular complexity index is 1580. The van der Waals surface area contributed by atoms with Crippen molar-refractivity contribution in [1.29, 1.82) is 10.5 Å². The molecule has 0 aliphatic carbocycles. The van der Waals surface area contributed by atoms with Gasteiger partial charge in [-0.05, 0) is 42.0 Å². The summed E-state index contributed by atoms with van der Waals surface area (Å²) in [4.78, 5) is 0. The van der Waals surface area contributed by atoms with E-state index >= 15 is 0 Å². The van der Waals surface area contributed by atoms with Gasteiger partial charge in [0.05, 0.1) is 6.07 Å². The Morgan fingerprint density at radius 3 is 1.21 bits per heavy atom. The van der Waals surface area contributed by atoms with Crippen molar-refractivity contribution in [3.63, 3.8) is 0 Å². The van der Waals surface area contributed by atoms with Crippen LogP contribution in [0.4, 0.5) is 0 Å². The maximum absolute atomic E-state index is 11.0. The van der Waals surface area contributed by atoms with Gasteiger partial charge < -0.3 is 0 Å². The van der Waals surface area contributed by atoms with Crippen LogP contribution in [0, 0.1) is 22.7 Å². The van der Waals surface area contributed by atoms with Gasteiger partial charge in [-0.15, -0.1) is 0 Å². The summed E-state index contributed by atoms with van der Waals surface area (Å²) in [5.41, 5.74) is 2.90. The number of benzene rings is 5. The van der Waals surface area contributed by atoms with E-state index in [1.807, 2.05) is 66.7 Å². The van der Waals surface area contributed by atoms with Crippen molar-refractivity contribution < 1.29 is 0 Å². The Morgan fingerprint density at radius 2 is 0.846 bits per heavy atom. The van der Waals surface area contributed by atoms with E-state index in [1.165, 1.54) is 6.08 Å². The van der Waals surface area contributed by atoms with Gasteiger partial charge in [-0.25, -0.2) is 0 Å². The molecule has 0 aromatic heterocycles. The standard InChI is InChI=1S/C36H26N2P/c37-27-26-34(29-16-6-1-7-17-29)35(28-38)36(30-18-8-2-9-19-30)39(31-20-10-3-11-21-31,32-22-12-4-13-23-32)33-24-14-5-15-25-33/h1-26H/q+1/b34-26?,36-35-. The predicted octanol–water partition coefficient (Wildman–Crippen LogP) is 7.52. The lowest BCUT2D eigenvalue weighted by Gasteiger charge is -2.31. The molecule has 39 heavy (non-hydrogen) atoms. The van der Waals surface area contributed by atoms with E-state index in [0.717, 1.165) is 32.4 Å². The molecule has 0 radical (unpaired) electrons. The molecule has 0 bridgehead atoms. The van der Waals surface area contributed by atoms with Crippen molar-refractivity contribution >= 4 is 34.1 Å².